The number of hydrogen-bond donors (Lipinski definition) is 0. The van der Waals surface area contributed by atoms with Gasteiger partial charge in [-0.05, 0) is 0 Å². The van der Waals surface area contributed by atoms with Crippen LogP contribution in [0.4, 0.5) is 5.00 Å². The Hall–Kier alpha value is -1.44. The van der Waals surface area contributed by atoms with E-state index in [1.165, 1.54) is 33.9 Å². The zero-order valence-electron chi connectivity index (χ0n) is 14.6. The molecule has 3 nitrogen and oxygen atoms in total. The van der Waals surface area contributed by atoms with E-state index in [1.54, 1.807) is 0 Å². The van der Waals surface area contributed by atoms with Gasteiger partial charge in [-0.1, -0.05) is 0 Å². The molecule has 0 saturated carbocycles. The standard InChI is InChI=1S/C21H21IN2OS/c1-4-14-18(5-2)26-21-19(14)22-20-15-11-13-12-23(6-3)9-7-16(13)25-17(15)8-10-24(20)21/h4-6,11-12,16-17H,1-3,7-10H2. The van der Waals surface area contributed by atoms with Crippen LogP contribution >= 0.6 is 11.3 Å². The minimum absolute atomic E-state index is 0.214. The fourth-order valence-electron chi connectivity index (χ4n) is 4.07. The van der Waals surface area contributed by atoms with E-state index in [2.05, 4.69) is 41.5 Å². The summed E-state index contributed by atoms with van der Waals surface area (Å²) in [6.07, 6.45) is 13.1. The van der Waals surface area contributed by atoms with E-state index < -0.39 is 0 Å². The first-order valence-electron chi connectivity index (χ1n) is 8.92. The first-order chi connectivity index (χ1) is 12.7. The van der Waals surface area contributed by atoms with E-state index in [4.69, 9.17) is 4.74 Å². The molecule has 1 aromatic heterocycles. The predicted molar refractivity (Wildman–Crippen MR) is 105 cm³/mol. The normalized spacial score (nSPS) is 26.5. The molecule has 0 spiro atoms. The summed E-state index contributed by atoms with van der Waals surface area (Å²) < 4.78 is 11.7. The van der Waals surface area contributed by atoms with Crippen LogP contribution in [0, 0.1) is 3.57 Å². The Balaban J connectivity index is 1.62. The van der Waals surface area contributed by atoms with Crippen LogP contribution in [0.3, 0.4) is 0 Å². The number of hydrogen-bond acceptors (Lipinski definition) is 3. The van der Waals surface area contributed by atoms with Crippen LogP contribution in [0.15, 0.2) is 46.9 Å². The van der Waals surface area contributed by atoms with Gasteiger partial charge in [0.15, 0.2) is 0 Å². The first kappa shape index (κ1) is 16.7. The summed E-state index contributed by atoms with van der Waals surface area (Å²) in [5.41, 5.74) is 4.01. The van der Waals surface area contributed by atoms with Crippen molar-refractivity contribution in [3.63, 3.8) is 0 Å². The fourth-order valence-corrected chi connectivity index (χ4v) is 9.51. The van der Waals surface area contributed by atoms with Crippen molar-refractivity contribution in [3.8, 4) is 0 Å². The van der Waals surface area contributed by atoms with Gasteiger partial charge in [0.1, 0.15) is 0 Å². The Bertz CT molecular complexity index is 936. The number of rotatable bonds is 3. The van der Waals surface area contributed by atoms with Crippen molar-refractivity contribution in [1.82, 2.24) is 0 Å². The minimum atomic E-state index is -0.214. The van der Waals surface area contributed by atoms with Crippen LogP contribution in [0.25, 0.3) is 12.2 Å². The van der Waals surface area contributed by atoms with Crippen LogP contribution in [0.1, 0.15) is 23.3 Å². The van der Waals surface area contributed by atoms with Crippen LogP contribution < -0.4 is 26.1 Å². The molecule has 5 rings (SSSR count). The molecule has 0 aliphatic carbocycles. The van der Waals surface area contributed by atoms with Crippen molar-refractivity contribution in [2.75, 3.05) is 18.0 Å². The number of thiophene rings is 1. The second kappa shape index (κ2) is 6.32. The van der Waals surface area contributed by atoms with E-state index in [0.29, 0.717) is 0 Å². The molecule has 0 fully saturated rings. The third kappa shape index (κ3) is 2.37. The summed E-state index contributed by atoms with van der Waals surface area (Å²) in [6, 6.07) is 0. The molecule has 2 unspecified atom stereocenters. The summed E-state index contributed by atoms with van der Waals surface area (Å²) in [4.78, 5) is 3.81. The van der Waals surface area contributed by atoms with Crippen molar-refractivity contribution in [1.29, 1.82) is 0 Å². The maximum atomic E-state index is 6.51. The Morgan fingerprint density at radius 3 is 2.88 bits per heavy atom. The van der Waals surface area contributed by atoms with Gasteiger partial charge in [-0.25, -0.2) is 0 Å². The second-order valence-electron chi connectivity index (χ2n) is 6.78. The molecule has 4 aliphatic rings. The van der Waals surface area contributed by atoms with Crippen LogP contribution in [0.5, 0.6) is 0 Å². The molecule has 0 N–H and O–H groups in total. The zero-order chi connectivity index (χ0) is 17.8. The molecule has 4 aliphatic heterocycles. The predicted octanol–water partition coefficient (Wildman–Crippen LogP) is 1.05. The van der Waals surface area contributed by atoms with Gasteiger partial charge >= 0.3 is 169 Å². The molecular weight excluding hydrogens is 455 g/mol. The van der Waals surface area contributed by atoms with Gasteiger partial charge in [0, 0.05) is 0 Å². The molecule has 0 saturated heterocycles. The fraction of sp³-hybridized carbons (Fsp3) is 0.286. The van der Waals surface area contributed by atoms with E-state index in [0.717, 1.165) is 25.9 Å². The maximum absolute atomic E-state index is 6.51. The van der Waals surface area contributed by atoms with Gasteiger partial charge in [0.25, 0.3) is 0 Å². The quantitative estimate of drug-likeness (QED) is 0.369. The van der Waals surface area contributed by atoms with Crippen molar-refractivity contribution >= 4 is 34.7 Å². The third-order valence-electron chi connectivity index (χ3n) is 5.37. The SMILES string of the molecule is C=Cc1sc2c(c1C=C)[I-]C1=C3C=C4C=[N+](C=C)CCC4OC3CCN12. The summed E-state index contributed by atoms with van der Waals surface area (Å²) >= 11 is 1.65. The van der Waals surface area contributed by atoms with E-state index in [-0.39, 0.29) is 33.4 Å². The number of ether oxygens (including phenoxy) is 1. The van der Waals surface area contributed by atoms with Gasteiger partial charge < -0.3 is 0 Å². The topological polar surface area (TPSA) is 15.5 Å². The van der Waals surface area contributed by atoms with E-state index >= 15 is 0 Å². The Morgan fingerprint density at radius 1 is 1.23 bits per heavy atom. The summed E-state index contributed by atoms with van der Waals surface area (Å²) in [6.45, 7) is 14.0. The molecule has 0 aromatic carbocycles. The zero-order valence-corrected chi connectivity index (χ0v) is 17.6. The van der Waals surface area contributed by atoms with Gasteiger partial charge in [-0.15, -0.1) is 0 Å². The van der Waals surface area contributed by atoms with E-state index in [1.807, 2.05) is 29.7 Å². The first-order valence-corrected chi connectivity index (χ1v) is 11.9. The Kier molecular flexibility index (Phi) is 4.06. The molecule has 2 atom stereocenters. The third-order valence-corrected chi connectivity index (χ3v) is 10.3. The molecule has 0 amide bonds. The molecule has 0 radical (unpaired) electrons. The number of fused-ring (bicyclic) bond motifs is 5. The average Bonchev–Trinajstić information content (AvgIpc) is 3.21. The molecule has 5 heteroatoms. The average molecular weight is 476 g/mol. The van der Waals surface area contributed by atoms with Crippen LogP contribution in [0.2, 0.25) is 0 Å². The molecule has 0 bridgehead atoms. The van der Waals surface area contributed by atoms with E-state index in [9.17, 15) is 0 Å². The molecule has 26 heavy (non-hydrogen) atoms. The molecule has 5 heterocycles. The monoisotopic (exact) mass is 476 g/mol. The van der Waals surface area contributed by atoms with Gasteiger partial charge in [-0.2, -0.15) is 0 Å². The van der Waals surface area contributed by atoms with Gasteiger partial charge in [0.2, 0.25) is 0 Å². The van der Waals surface area contributed by atoms with Crippen molar-refractivity contribution in [2.24, 2.45) is 0 Å². The Morgan fingerprint density at radius 2 is 2.12 bits per heavy atom. The van der Waals surface area contributed by atoms with Crippen molar-refractivity contribution in [3.05, 3.63) is 60.9 Å². The summed E-state index contributed by atoms with van der Waals surface area (Å²) in [5, 5.41) is 1.42. The van der Waals surface area contributed by atoms with Crippen LogP contribution in [-0.2, 0) is 4.74 Å². The van der Waals surface area contributed by atoms with Gasteiger partial charge in [-0.3, -0.25) is 0 Å². The number of halogens is 1. The number of nitrogens with zero attached hydrogens (tertiary/aromatic N) is 2. The molecular formula is C21H21IN2OS. The van der Waals surface area contributed by atoms with Crippen LogP contribution in [-0.4, -0.2) is 36.1 Å². The molecule has 134 valence electrons. The molecule has 1 aromatic rings. The van der Waals surface area contributed by atoms with Crippen molar-refractivity contribution in [2.45, 2.75) is 25.0 Å². The summed E-state index contributed by atoms with van der Waals surface area (Å²) in [7, 11) is 0. The summed E-state index contributed by atoms with van der Waals surface area (Å²) in [5.74, 6) is 0. The van der Waals surface area contributed by atoms with Crippen molar-refractivity contribution < 1.29 is 30.5 Å². The second-order valence-corrected chi connectivity index (χ2v) is 10.5. The Labute approximate surface area is 168 Å². The van der Waals surface area contributed by atoms with Gasteiger partial charge in [0.05, 0.1) is 0 Å². The number of anilines is 1.